The lowest BCUT2D eigenvalue weighted by atomic mass is 9.86. The summed E-state index contributed by atoms with van der Waals surface area (Å²) in [5.41, 5.74) is 3.37. The van der Waals surface area contributed by atoms with Gasteiger partial charge in [0, 0.05) is 5.92 Å². The number of hydrogen-bond acceptors (Lipinski definition) is 2. The molecule has 2 N–H and O–H groups in total. The van der Waals surface area contributed by atoms with Crippen molar-refractivity contribution in [3.63, 3.8) is 0 Å². The number of phenols is 2. The second kappa shape index (κ2) is 6.88. The fraction of sp³-hybridized carbons (Fsp3) is 0.100. The molecule has 0 aliphatic rings. The molecule has 3 rings (SSSR count). The lowest BCUT2D eigenvalue weighted by Gasteiger charge is -2.24. The smallest absolute Gasteiger partial charge is 0.115 e. The standard InChI is InChI=1S/C20H17BrO2/c21-20(16-4-2-1-3-5-16)19(14-6-10-17(22)11-7-14)15-8-12-18(23)13-9-15/h1-13,19-20,22-23H. The van der Waals surface area contributed by atoms with E-state index < -0.39 is 0 Å². The van der Waals surface area contributed by atoms with Crippen molar-refractivity contribution >= 4 is 15.9 Å². The van der Waals surface area contributed by atoms with Gasteiger partial charge in [-0.2, -0.15) is 0 Å². The first-order valence-electron chi connectivity index (χ1n) is 7.42. The molecule has 0 saturated heterocycles. The van der Waals surface area contributed by atoms with Crippen LogP contribution < -0.4 is 0 Å². The van der Waals surface area contributed by atoms with Gasteiger partial charge in [-0.15, -0.1) is 0 Å². The van der Waals surface area contributed by atoms with Crippen molar-refractivity contribution in [2.75, 3.05) is 0 Å². The molecule has 1 atom stereocenters. The van der Waals surface area contributed by atoms with Gasteiger partial charge in [0.2, 0.25) is 0 Å². The van der Waals surface area contributed by atoms with Gasteiger partial charge in [0.15, 0.2) is 0 Å². The summed E-state index contributed by atoms with van der Waals surface area (Å²) in [4.78, 5) is 0.0813. The average molecular weight is 369 g/mol. The molecule has 0 heterocycles. The highest BCUT2D eigenvalue weighted by Gasteiger charge is 2.24. The van der Waals surface area contributed by atoms with E-state index in [-0.39, 0.29) is 22.2 Å². The number of rotatable bonds is 4. The predicted octanol–water partition coefficient (Wildman–Crippen LogP) is 5.37. The van der Waals surface area contributed by atoms with Gasteiger partial charge in [-0.25, -0.2) is 0 Å². The zero-order valence-electron chi connectivity index (χ0n) is 12.4. The first kappa shape index (κ1) is 15.6. The average Bonchev–Trinajstić information content (AvgIpc) is 2.59. The molecular weight excluding hydrogens is 352 g/mol. The summed E-state index contributed by atoms with van der Waals surface area (Å²) in [6, 6.07) is 24.8. The topological polar surface area (TPSA) is 40.5 Å². The van der Waals surface area contributed by atoms with Crippen molar-refractivity contribution < 1.29 is 10.2 Å². The van der Waals surface area contributed by atoms with E-state index in [0.717, 1.165) is 11.1 Å². The summed E-state index contributed by atoms with van der Waals surface area (Å²) in [6.07, 6.45) is 0. The van der Waals surface area contributed by atoms with Gasteiger partial charge in [0.05, 0.1) is 4.83 Å². The molecule has 0 aliphatic heterocycles. The third-order valence-corrected chi connectivity index (χ3v) is 4.97. The fourth-order valence-electron chi connectivity index (χ4n) is 2.72. The highest BCUT2D eigenvalue weighted by atomic mass is 79.9. The first-order chi connectivity index (χ1) is 11.1. The van der Waals surface area contributed by atoms with E-state index in [9.17, 15) is 10.2 Å². The van der Waals surface area contributed by atoms with Crippen molar-refractivity contribution in [1.82, 2.24) is 0 Å². The van der Waals surface area contributed by atoms with Gasteiger partial charge in [-0.1, -0.05) is 70.5 Å². The summed E-state index contributed by atoms with van der Waals surface area (Å²) in [5, 5.41) is 19.1. The maximum absolute atomic E-state index is 9.56. The zero-order chi connectivity index (χ0) is 16.2. The maximum atomic E-state index is 9.56. The van der Waals surface area contributed by atoms with Crippen LogP contribution in [0.25, 0.3) is 0 Å². The summed E-state index contributed by atoms with van der Waals surface area (Å²) in [7, 11) is 0. The Morgan fingerprint density at radius 2 is 1.00 bits per heavy atom. The Morgan fingerprint density at radius 3 is 1.43 bits per heavy atom. The van der Waals surface area contributed by atoms with E-state index in [1.807, 2.05) is 42.5 Å². The highest BCUT2D eigenvalue weighted by Crippen LogP contribution is 2.43. The van der Waals surface area contributed by atoms with Crippen LogP contribution in [-0.2, 0) is 0 Å². The van der Waals surface area contributed by atoms with Crippen LogP contribution in [0.5, 0.6) is 11.5 Å². The molecule has 0 fully saturated rings. The molecule has 0 aliphatic carbocycles. The minimum Gasteiger partial charge on any atom is -0.508 e. The lowest BCUT2D eigenvalue weighted by molar-refractivity contribution is 0.475. The number of benzene rings is 3. The van der Waals surface area contributed by atoms with Crippen LogP contribution in [0.15, 0.2) is 78.9 Å². The van der Waals surface area contributed by atoms with Gasteiger partial charge in [-0.3, -0.25) is 0 Å². The van der Waals surface area contributed by atoms with Gasteiger partial charge < -0.3 is 10.2 Å². The highest BCUT2D eigenvalue weighted by molar-refractivity contribution is 9.09. The van der Waals surface area contributed by atoms with Gasteiger partial charge in [0.25, 0.3) is 0 Å². The SMILES string of the molecule is Oc1ccc(C(c2ccc(O)cc2)C(Br)c2ccccc2)cc1. The van der Waals surface area contributed by atoms with Crippen LogP contribution in [0.2, 0.25) is 0 Å². The third-order valence-electron chi connectivity index (χ3n) is 3.92. The quantitative estimate of drug-likeness (QED) is 0.608. The molecule has 0 radical (unpaired) electrons. The number of hydrogen-bond donors (Lipinski definition) is 2. The normalized spacial score (nSPS) is 12.3. The summed E-state index contributed by atoms with van der Waals surface area (Å²) >= 11 is 3.84. The molecule has 0 aromatic heterocycles. The molecule has 0 amide bonds. The summed E-state index contributed by atoms with van der Waals surface area (Å²) in [6.45, 7) is 0. The van der Waals surface area contributed by atoms with Crippen molar-refractivity contribution in [1.29, 1.82) is 0 Å². The molecule has 1 unspecified atom stereocenters. The molecule has 23 heavy (non-hydrogen) atoms. The van der Waals surface area contributed by atoms with Crippen molar-refractivity contribution in [3.05, 3.63) is 95.6 Å². The predicted molar refractivity (Wildman–Crippen MR) is 96.2 cm³/mol. The van der Waals surface area contributed by atoms with Crippen molar-refractivity contribution in [2.45, 2.75) is 10.7 Å². The Labute approximate surface area is 144 Å². The van der Waals surface area contributed by atoms with Crippen LogP contribution in [0.4, 0.5) is 0 Å². The Morgan fingerprint density at radius 1 is 0.565 bits per heavy atom. The molecule has 0 spiro atoms. The number of halogens is 1. The summed E-state index contributed by atoms with van der Waals surface area (Å²) in [5.74, 6) is 0.576. The molecule has 0 saturated carbocycles. The van der Waals surface area contributed by atoms with Gasteiger partial charge >= 0.3 is 0 Å². The van der Waals surface area contributed by atoms with E-state index in [1.165, 1.54) is 5.56 Å². The zero-order valence-corrected chi connectivity index (χ0v) is 14.0. The number of aromatic hydroxyl groups is 2. The lowest BCUT2D eigenvalue weighted by Crippen LogP contribution is -2.08. The van der Waals surface area contributed by atoms with Crippen LogP contribution in [0.3, 0.4) is 0 Å². The van der Waals surface area contributed by atoms with Gasteiger partial charge in [-0.05, 0) is 41.0 Å². The van der Waals surface area contributed by atoms with Crippen molar-refractivity contribution in [3.8, 4) is 11.5 Å². The Hall–Kier alpha value is -2.26. The largest absolute Gasteiger partial charge is 0.508 e. The number of alkyl halides is 1. The van der Waals surface area contributed by atoms with E-state index in [4.69, 9.17) is 0 Å². The first-order valence-corrected chi connectivity index (χ1v) is 8.33. The Balaban J connectivity index is 2.06. The maximum Gasteiger partial charge on any atom is 0.115 e. The van der Waals surface area contributed by atoms with E-state index in [0.29, 0.717) is 0 Å². The Kier molecular flexibility index (Phi) is 4.68. The van der Waals surface area contributed by atoms with Crippen LogP contribution in [0.1, 0.15) is 27.4 Å². The van der Waals surface area contributed by atoms with Crippen LogP contribution in [-0.4, -0.2) is 10.2 Å². The molecule has 3 aromatic carbocycles. The van der Waals surface area contributed by atoms with Gasteiger partial charge in [0.1, 0.15) is 11.5 Å². The van der Waals surface area contributed by atoms with E-state index in [1.54, 1.807) is 24.3 Å². The fourth-order valence-corrected chi connectivity index (χ4v) is 3.64. The molecular formula is C20H17BrO2. The van der Waals surface area contributed by atoms with Crippen molar-refractivity contribution in [2.24, 2.45) is 0 Å². The minimum absolute atomic E-state index is 0.0681. The Bertz CT molecular complexity index is 706. The van der Waals surface area contributed by atoms with E-state index >= 15 is 0 Å². The monoisotopic (exact) mass is 368 g/mol. The molecule has 0 bridgehead atoms. The minimum atomic E-state index is 0.0681. The molecule has 3 aromatic rings. The number of phenolic OH excluding ortho intramolecular Hbond substituents is 2. The second-order valence-corrected chi connectivity index (χ2v) is 6.46. The van der Waals surface area contributed by atoms with Crippen LogP contribution >= 0.6 is 15.9 Å². The van der Waals surface area contributed by atoms with Crippen LogP contribution in [0, 0.1) is 0 Å². The van der Waals surface area contributed by atoms with E-state index in [2.05, 4.69) is 28.1 Å². The second-order valence-electron chi connectivity index (χ2n) is 5.47. The third kappa shape index (κ3) is 3.57. The summed E-state index contributed by atoms with van der Waals surface area (Å²) < 4.78 is 0. The molecule has 3 heteroatoms. The molecule has 2 nitrogen and oxygen atoms in total. The molecule has 116 valence electrons.